The number of halogens is 2. The Morgan fingerprint density at radius 1 is 0.839 bits per heavy atom. The van der Waals surface area contributed by atoms with Crippen LogP contribution in [0.3, 0.4) is 0 Å². The predicted molar refractivity (Wildman–Crippen MR) is 121 cm³/mol. The van der Waals surface area contributed by atoms with Crippen LogP contribution in [0.4, 0.5) is 8.78 Å². The molecule has 0 saturated carbocycles. The fourth-order valence-electron chi connectivity index (χ4n) is 5.36. The van der Waals surface area contributed by atoms with Crippen LogP contribution >= 0.6 is 0 Å². The van der Waals surface area contributed by atoms with Gasteiger partial charge in [-0.15, -0.1) is 0 Å². The van der Waals surface area contributed by atoms with E-state index < -0.39 is 11.6 Å². The number of aliphatic imine (C=N–C) groups is 1. The summed E-state index contributed by atoms with van der Waals surface area (Å²) in [4.78, 5) is 7.47. The van der Waals surface area contributed by atoms with E-state index in [9.17, 15) is 8.78 Å². The normalized spacial score (nSPS) is 25.4. The molecule has 0 N–H and O–H groups in total. The molecule has 3 fully saturated rings. The van der Waals surface area contributed by atoms with Gasteiger partial charge in [0.1, 0.15) is 11.6 Å². The van der Waals surface area contributed by atoms with Crippen molar-refractivity contribution in [3.05, 3.63) is 107 Å². The zero-order chi connectivity index (χ0) is 21.2. The first kappa shape index (κ1) is 20.1. The summed E-state index contributed by atoms with van der Waals surface area (Å²) in [6.45, 7) is 2.12. The summed E-state index contributed by atoms with van der Waals surface area (Å²) >= 11 is 0. The van der Waals surface area contributed by atoms with Gasteiger partial charge in [-0.3, -0.25) is 9.89 Å². The molecule has 0 aliphatic carbocycles. The number of hydrogen-bond donors (Lipinski definition) is 0. The first-order valence-corrected chi connectivity index (χ1v) is 11.0. The lowest BCUT2D eigenvalue weighted by Gasteiger charge is -2.52. The van der Waals surface area contributed by atoms with Gasteiger partial charge in [-0.25, -0.2) is 8.78 Å². The molecule has 158 valence electrons. The molecule has 0 radical (unpaired) electrons. The molecule has 2 bridgehead atoms. The standard InChI is InChI=1S/C27H26F2N2/c28-23-11-12-24(29)22(17-23)18-30-26-21-13-15-31(16-14-21)27(26)25(19-7-3-1-4-8-19)20-9-5-2-6-10-20/h1-12,17-18,21,25-27H,13-16H2/t26-,27+/m1/s1. The van der Waals surface area contributed by atoms with E-state index in [1.807, 2.05) is 12.1 Å². The Hall–Kier alpha value is -2.85. The van der Waals surface area contributed by atoms with Crippen LogP contribution in [0.2, 0.25) is 0 Å². The van der Waals surface area contributed by atoms with Crippen LogP contribution in [-0.4, -0.2) is 36.3 Å². The first-order chi connectivity index (χ1) is 15.2. The lowest BCUT2D eigenvalue weighted by atomic mass is 9.71. The number of rotatable bonds is 5. The fourth-order valence-corrected chi connectivity index (χ4v) is 5.36. The molecule has 6 rings (SSSR count). The summed E-state index contributed by atoms with van der Waals surface area (Å²) in [5.41, 5.74) is 2.75. The minimum absolute atomic E-state index is 0.0376. The van der Waals surface area contributed by atoms with Crippen LogP contribution in [0.5, 0.6) is 0 Å². The second-order valence-corrected chi connectivity index (χ2v) is 8.60. The average Bonchev–Trinajstić information content (AvgIpc) is 2.82. The third-order valence-corrected chi connectivity index (χ3v) is 6.83. The molecule has 2 nitrogen and oxygen atoms in total. The molecule has 0 spiro atoms. The van der Waals surface area contributed by atoms with Crippen molar-refractivity contribution in [1.29, 1.82) is 0 Å². The number of hydrogen-bond acceptors (Lipinski definition) is 2. The molecule has 3 aliphatic rings. The van der Waals surface area contributed by atoms with Crippen molar-refractivity contribution >= 4 is 6.21 Å². The lowest BCUT2D eigenvalue weighted by Crippen LogP contribution is -2.59. The highest BCUT2D eigenvalue weighted by atomic mass is 19.1. The molecule has 3 saturated heterocycles. The molecular formula is C27H26F2N2. The zero-order valence-electron chi connectivity index (χ0n) is 17.4. The summed E-state index contributed by atoms with van der Waals surface area (Å²) in [5.74, 6) is -0.256. The van der Waals surface area contributed by atoms with E-state index in [0.717, 1.165) is 32.0 Å². The maximum absolute atomic E-state index is 14.2. The van der Waals surface area contributed by atoms with Gasteiger partial charge in [0.15, 0.2) is 0 Å². The molecule has 31 heavy (non-hydrogen) atoms. The summed E-state index contributed by atoms with van der Waals surface area (Å²) in [7, 11) is 0. The zero-order valence-corrected chi connectivity index (χ0v) is 17.4. The monoisotopic (exact) mass is 416 g/mol. The number of piperidine rings is 3. The van der Waals surface area contributed by atoms with Gasteiger partial charge < -0.3 is 0 Å². The minimum Gasteiger partial charge on any atom is -0.297 e. The Labute approximate surface area is 182 Å². The summed E-state index contributed by atoms with van der Waals surface area (Å²) in [5, 5.41) is 0. The van der Waals surface area contributed by atoms with Gasteiger partial charge in [0.05, 0.1) is 6.04 Å². The summed E-state index contributed by atoms with van der Waals surface area (Å²) in [6, 6.07) is 24.9. The highest BCUT2D eigenvalue weighted by Gasteiger charge is 2.46. The first-order valence-electron chi connectivity index (χ1n) is 11.0. The smallest absolute Gasteiger partial charge is 0.132 e. The van der Waals surface area contributed by atoms with Crippen molar-refractivity contribution in [2.45, 2.75) is 30.8 Å². The summed E-state index contributed by atoms with van der Waals surface area (Å²) in [6.07, 6.45) is 3.74. The molecule has 2 atom stereocenters. The quantitative estimate of drug-likeness (QED) is 0.489. The SMILES string of the molecule is Fc1ccc(F)c(C=N[C@@H]2C3CCN(CC3)[C@H]2C(c2ccccc2)c2ccccc2)c1. The van der Waals surface area contributed by atoms with Crippen molar-refractivity contribution in [2.75, 3.05) is 13.1 Å². The molecular weight excluding hydrogens is 390 g/mol. The molecule has 0 amide bonds. The average molecular weight is 417 g/mol. The van der Waals surface area contributed by atoms with Crippen LogP contribution in [0.15, 0.2) is 83.9 Å². The maximum atomic E-state index is 14.2. The largest absolute Gasteiger partial charge is 0.297 e. The molecule has 3 aromatic rings. The van der Waals surface area contributed by atoms with Crippen molar-refractivity contribution in [3.8, 4) is 0 Å². The molecule has 0 unspecified atom stereocenters. The maximum Gasteiger partial charge on any atom is 0.132 e. The molecule has 0 aromatic heterocycles. The molecule has 3 aliphatic heterocycles. The van der Waals surface area contributed by atoms with Gasteiger partial charge in [-0.2, -0.15) is 0 Å². The van der Waals surface area contributed by atoms with E-state index in [1.54, 1.807) is 6.21 Å². The number of nitrogens with zero attached hydrogens (tertiary/aromatic N) is 2. The Morgan fingerprint density at radius 3 is 2.06 bits per heavy atom. The molecule has 3 aromatic carbocycles. The Bertz CT molecular complexity index is 1000. The van der Waals surface area contributed by atoms with Crippen molar-refractivity contribution in [2.24, 2.45) is 10.9 Å². The van der Waals surface area contributed by atoms with E-state index in [0.29, 0.717) is 5.92 Å². The fraction of sp³-hybridized carbons (Fsp3) is 0.296. The highest BCUT2D eigenvalue weighted by molar-refractivity contribution is 5.80. The van der Waals surface area contributed by atoms with E-state index in [2.05, 4.69) is 53.4 Å². The predicted octanol–water partition coefficient (Wildman–Crippen LogP) is 5.68. The second-order valence-electron chi connectivity index (χ2n) is 8.60. The van der Waals surface area contributed by atoms with Crippen molar-refractivity contribution in [1.82, 2.24) is 4.90 Å². The van der Waals surface area contributed by atoms with Gasteiger partial charge in [0, 0.05) is 23.7 Å². The third-order valence-electron chi connectivity index (χ3n) is 6.83. The van der Waals surface area contributed by atoms with Crippen molar-refractivity contribution in [3.63, 3.8) is 0 Å². The van der Waals surface area contributed by atoms with Gasteiger partial charge >= 0.3 is 0 Å². The number of benzene rings is 3. The van der Waals surface area contributed by atoms with E-state index >= 15 is 0 Å². The second kappa shape index (κ2) is 8.72. The minimum atomic E-state index is -0.445. The van der Waals surface area contributed by atoms with Crippen LogP contribution < -0.4 is 0 Å². The Kier molecular flexibility index (Phi) is 5.65. The lowest BCUT2D eigenvalue weighted by molar-refractivity contribution is 0.0215. The van der Waals surface area contributed by atoms with Crippen LogP contribution in [0.25, 0.3) is 0 Å². The van der Waals surface area contributed by atoms with Crippen LogP contribution in [0, 0.1) is 17.6 Å². The van der Waals surface area contributed by atoms with E-state index in [-0.39, 0.29) is 23.6 Å². The van der Waals surface area contributed by atoms with Crippen molar-refractivity contribution < 1.29 is 8.78 Å². The van der Waals surface area contributed by atoms with Crippen LogP contribution in [-0.2, 0) is 0 Å². The topological polar surface area (TPSA) is 15.6 Å². The van der Waals surface area contributed by atoms with Gasteiger partial charge in [-0.1, -0.05) is 60.7 Å². The summed E-state index contributed by atoms with van der Waals surface area (Å²) < 4.78 is 27.9. The van der Waals surface area contributed by atoms with Gasteiger partial charge in [0.2, 0.25) is 0 Å². The van der Waals surface area contributed by atoms with E-state index in [1.165, 1.54) is 23.3 Å². The van der Waals surface area contributed by atoms with Gasteiger partial charge in [0.25, 0.3) is 0 Å². The number of fused-ring (bicyclic) bond motifs is 3. The molecule has 4 heteroatoms. The third kappa shape index (κ3) is 4.05. The van der Waals surface area contributed by atoms with Crippen LogP contribution in [0.1, 0.15) is 35.4 Å². The molecule has 3 heterocycles. The van der Waals surface area contributed by atoms with E-state index in [4.69, 9.17) is 4.99 Å². The Morgan fingerprint density at radius 2 is 1.45 bits per heavy atom. The Balaban J connectivity index is 1.56. The van der Waals surface area contributed by atoms with Gasteiger partial charge in [-0.05, 0) is 61.2 Å². The highest BCUT2D eigenvalue weighted by Crippen LogP contribution is 2.43.